The molecule has 2 aliphatic heterocycles. The monoisotopic (exact) mass is 519 g/mol. The molecule has 2 atom stereocenters. The molecule has 3 aromatic heterocycles. The van der Waals surface area contributed by atoms with Gasteiger partial charge in [-0.05, 0) is 68.5 Å². The number of hydrogen-bond donors (Lipinski definition) is 3. The molecular weight excluding hydrogens is 490 g/mol. The lowest BCUT2D eigenvalue weighted by atomic mass is 9.85. The van der Waals surface area contributed by atoms with E-state index in [0.29, 0.717) is 29.4 Å². The van der Waals surface area contributed by atoms with Crippen LogP contribution < -0.4 is 20.9 Å². The molecule has 5 heterocycles. The van der Waals surface area contributed by atoms with Crippen LogP contribution in [-0.2, 0) is 4.79 Å². The molecule has 1 saturated carbocycles. The summed E-state index contributed by atoms with van der Waals surface area (Å²) in [5.74, 6) is 3.28. The molecule has 2 bridgehead atoms. The van der Waals surface area contributed by atoms with Crippen molar-refractivity contribution in [3.63, 3.8) is 0 Å². The molecule has 2 saturated heterocycles. The van der Waals surface area contributed by atoms with Crippen LogP contribution in [0.25, 0.3) is 33.3 Å². The summed E-state index contributed by atoms with van der Waals surface area (Å²) in [7, 11) is 1.83. The maximum absolute atomic E-state index is 12.3. The van der Waals surface area contributed by atoms with E-state index in [1.54, 1.807) is 12.4 Å². The smallest absolute Gasteiger partial charge is 0.229 e. The molecule has 37 heavy (non-hydrogen) atoms. The minimum atomic E-state index is 0. The van der Waals surface area contributed by atoms with Gasteiger partial charge in [-0.1, -0.05) is 0 Å². The summed E-state index contributed by atoms with van der Waals surface area (Å²) in [6.45, 7) is 4.35. The molecule has 9 nitrogen and oxygen atoms in total. The van der Waals surface area contributed by atoms with Crippen LogP contribution in [0.15, 0.2) is 41.1 Å². The van der Waals surface area contributed by atoms with Gasteiger partial charge in [0.1, 0.15) is 17.2 Å². The number of carbonyl (C=O) groups excluding carboxylic acids is 1. The molecule has 0 spiro atoms. The summed E-state index contributed by atoms with van der Waals surface area (Å²) in [5.41, 5.74) is 3.54. The third-order valence-corrected chi connectivity index (χ3v) is 7.66. The van der Waals surface area contributed by atoms with Crippen LogP contribution in [0.1, 0.15) is 19.3 Å². The van der Waals surface area contributed by atoms with Gasteiger partial charge in [-0.25, -0.2) is 15.0 Å². The first-order chi connectivity index (χ1) is 17.6. The number of benzene rings is 1. The average Bonchev–Trinajstić information content (AvgIpc) is 3.66. The second kappa shape index (κ2) is 9.46. The highest BCUT2D eigenvalue weighted by atomic mass is 35.5. The number of aromatic nitrogens is 3. The van der Waals surface area contributed by atoms with Crippen molar-refractivity contribution in [2.75, 3.05) is 48.8 Å². The number of nitrogens with one attached hydrogen (secondary N) is 3. The van der Waals surface area contributed by atoms with Crippen LogP contribution in [0.4, 0.5) is 17.3 Å². The Morgan fingerprint density at radius 2 is 1.89 bits per heavy atom. The maximum Gasteiger partial charge on any atom is 0.229 e. The first-order valence-electron chi connectivity index (χ1n) is 12.8. The third kappa shape index (κ3) is 4.46. The molecule has 1 aliphatic carbocycles. The van der Waals surface area contributed by atoms with Gasteiger partial charge in [0.15, 0.2) is 5.58 Å². The summed E-state index contributed by atoms with van der Waals surface area (Å²) < 4.78 is 6.21. The lowest BCUT2D eigenvalue weighted by Gasteiger charge is -2.42. The van der Waals surface area contributed by atoms with Crippen molar-refractivity contribution in [2.45, 2.75) is 19.3 Å². The van der Waals surface area contributed by atoms with Crippen LogP contribution in [0.3, 0.4) is 0 Å². The molecule has 7 rings (SSSR count). The lowest BCUT2D eigenvalue weighted by molar-refractivity contribution is -0.117. The Morgan fingerprint density at radius 1 is 1.08 bits per heavy atom. The lowest BCUT2D eigenvalue weighted by Crippen LogP contribution is -2.51. The van der Waals surface area contributed by atoms with E-state index in [4.69, 9.17) is 9.40 Å². The second-order valence-corrected chi connectivity index (χ2v) is 10.4. The summed E-state index contributed by atoms with van der Waals surface area (Å²) in [4.78, 5) is 28.7. The molecule has 4 aromatic rings. The highest BCUT2D eigenvalue weighted by Gasteiger charge is 2.31. The zero-order valence-electron chi connectivity index (χ0n) is 20.7. The number of amides is 1. The fourth-order valence-electron chi connectivity index (χ4n) is 5.69. The topological polar surface area (TPSA) is 108 Å². The van der Waals surface area contributed by atoms with Gasteiger partial charge in [-0.15, -0.1) is 12.4 Å². The van der Waals surface area contributed by atoms with E-state index in [1.165, 1.54) is 12.1 Å². The Kier molecular flexibility index (Phi) is 6.12. The van der Waals surface area contributed by atoms with E-state index in [2.05, 4.69) is 43.0 Å². The third-order valence-electron chi connectivity index (χ3n) is 7.66. The molecule has 1 amide bonds. The van der Waals surface area contributed by atoms with E-state index in [0.717, 1.165) is 66.5 Å². The minimum absolute atomic E-state index is 0. The average molecular weight is 520 g/mol. The van der Waals surface area contributed by atoms with Gasteiger partial charge in [0.25, 0.3) is 0 Å². The van der Waals surface area contributed by atoms with Crippen LogP contribution in [0.5, 0.6) is 0 Å². The SMILES string of the molecule is CNc1ncc(-c2nc3cc(N4CC5CNCC(C5)C4)ccc3o2)c2cc(NC(=O)C3CC3)ncc12.Cl. The Bertz CT molecular complexity index is 1470. The summed E-state index contributed by atoms with van der Waals surface area (Å²) in [6, 6.07) is 8.18. The number of halogens is 1. The molecule has 2 unspecified atom stereocenters. The zero-order chi connectivity index (χ0) is 24.2. The summed E-state index contributed by atoms with van der Waals surface area (Å²) in [6.07, 6.45) is 6.71. The van der Waals surface area contributed by atoms with Crippen LogP contribution in [0, 0.1) is 17.8 Å². The van der Waals surface area contributed by atoms with Crippen LogP contribution in [0.2, 0.25) is 0 Å². The number of piperidine rings is 2. The molecule has 192 valence electrons. The number of rotatable bonds is 5. The van der Waals surface area contributed by atoms with Crippen LogP contribution >= 0.6 is 12.4 Å². The first-order valence-corrected chi connectivity index (χ1v) is 12.8. The van der Waals surface area contributed by atoms with Gasteiger partial charge >= 0.3 is 0 Å². The number of anilines is 3. The molecule has 1 aromatic carbocycles. The van der Waals surface area contributed by atoms with Crippen molar-refractivity contribution < 1.29 is 9.21 Å². The van der Waals surface area contributed by atoms with Gasteiger partial charge in [-0.3, -0.25) is 4.79 Å². The molecule has 10 heteroatoms. The van der Waals surface area contributed by atoms with E-state index >= 15 is 0 Å². The van der Waals surface area contributed by atoms with Gasteiger partial charge in [0, 0.05) is 54.9 Å². The Hall–Kier alpha value is -3.43. The highest BCUT2D eigenvalue weighted by molar-refractivity contribution is 6.03. The number of fused-ring (bicyclic) bond motifs is 4. The Labute approximate surface area is 220 Å². The predicted molar refractivity (Wildman–Crippen MR) is 147 cm³/mol. The standard InChI is InChI=1S/C27H29N7O2.ClH/c1-28-25-20-11-30-24(33-26(35)17-2-3-17)8-19(20)21(12-31-25)27-32-22-7-18(4-5-23(22)36-27)34-13-15-6-16(14-34)10-29-9-15;/h4-5,7-8,11-12,15-17,29H,2-3,6,9-10,13-14H2,1H3,(H,28,31)(H,30,33,35);1H. The second-order valence-electron chi connectivity index (χ2n) is 10.4. The predicted octanol–water partition coefficient (Wildman–Crippen LogP) is 4.30. The molecule has 3 N–H and O–H groups in total. The van der Waals surface area contributed by atoms with E-state index in [1.807, 2.05) is 19.2 Å². The van der Waals surface area contributed by atoms with Crippen molar-refractivity contribution in [3.05, 3.63) is 36.7 Å². The van der Waals surface area contributed by atoms with E-state index in [9.17, 15) is 4.79 Å². The van der Waals surface area contributed by atoms with Crippen molar-refractivity contribution in [1.29, 1.82) is 0 Å². The van der Waals surface area contributed by atoms with Crippen molar-refractivity contribution in [1.82, 2.24) is 20.3 Å². The van der Waals surface area contributed by atoms with E-state index < -0.39 is 0 Å². The van der Waals surface area contributed by atoms with Crippen molar-refractivity contribution in [2.24, 2.45) is 17.8 Å². The summed E-state index contributed by atoms with van der Waals surface area (Å²) >= 11 is 0. The number of nitrogens with zero attached hydrogens (tertiary/aromatic N) is 4. The number of pyridine rings is 2. The fraction of sp³-hybridized carbons (Fsp3) is 0.407. The molecule has 3 aliphatic rings. The Balaban J connectivity index is 0.00000252. The summed E-state index contributed by atoms with van der Waals surface area (Å²) in [5, 5.41) is 11.4. The van der Waals surface area contributed by atoms with Gasteiger partial charge in [-0.2, -0.15) is 0 Å². The van der Waals surface area contributed by atoms with Gasteiger partial charge < -0.3 is 25.3 Å². The van der Waals surface area contributed by atoms with Crippen molar-refractivity contribution in [3.8, 4) is 11.5 Å². The molecular formula is C27H30ClN7O2. The molecule has 0 radical (unpaired) electrons. The van der Waals surface area contributed by atoms with E-state index in [-0.39, 0.29) is 24.2 Å². The van der Waals surface area contributed by atoms with Crippen LogP contribution in [-0.4, -0.2) is 54.1 Å². The largest absolute Gasteiger partial charge is 0.436 e. The Morgan fingerprint density at radius 3 is 2.65 bits per heavy atom. The van der Waals surface area contributed by atoms with Gasteiger partial charge in [0.05, 0.1) is 5.56 Å². The minimum Gasteiger partial charge on any atom is -0.436 e. The maximum atomic E-state index is 12.3. The number of carbonyl (C=O) groups is 1. The quantitative estimate of drug-likeness (QED) is 0.358. The zero-order valence-corrected chi connectivity index (χ0v) is 21.5. The van der Waals surface area contributed by atoms with Crippen molar-refractivity contribution >= 4 is 57.5 Å². The van der Waals surface area contributed by atoms with Gasteiger partial charge in [0.2, 0.25) is 11.8 Å². The number of oxazole rings is 1. The first kappa shape index (κ1) is 23.9. The molecule has 3 fully saturated rings. The highest BCUT2D eigenvalue weighted by Crippen LogP contribution is 2.36. The fourth-order valence-corrected chi connectivity index (χ4v) is 5.69. The number of hydrogen-bond acceptors (Lipinski definition) is 8. The normalized spacial score (nSPS) is 21.1.